The van der Waals surface area contributed by atoms with E-state index >= 15 is 0 Å². The van der Waals surface area contributed by atoms with Crippen LogP contribution >= 0.6 is 15.9 Å². The van der Waals surface area contributed by atoms with Gasteiger partial charge in [-0.2, -0.15) is 0 Å². The minimum Gasteiger partial charge on any atom is -0.350 e. The Hall–Kier alpha value is -2.46. The topological polar surface area (TPSA) is 86.8 Å². The van der Waals surface area contributed by atoms with E-state index in [1.807, 2.05) is 0 Å². The van der Waals surface area contributed by atoms with Crippen LogP contribution in [-0.2, 0) is 26.2 Å². The van der Waals surface area contributed by atoms with Crippen molar-refractivity contribution in [2.45, 2.75) is 45.8 Å². The zero-order valence-electron chi connectivity index (χ0n) is 19.3. The summed E-state index contributed by atoms with van der Waals surface area (Å²) in [7, 11) is -3.82. The molecule has 1 atom stereocenters. The standard InChI is InChI=1S/C23H29BrFN3O4S/c1-16(22(30)26-23(2,3)4)27(14-17-8-6-7-9-20(17)25)21(29)15-28(33(5,31)32)19-12-10-18(24)11-13-19/h6-13,16H,14-15H2,1-5H3,(H,26,30)/t16-/m1/s1. The molecule has 0 unspecified atom stereocenters. The van der Waals surface area contributed by atoms with Gasteiger partial charge in [-0.15, -0.1) is 0 Å². The molecule has 0 bridgehead atoms. The highest BCUT2D eigenvalue weighted by molar-refractivity contribution is 9.10. The number of rotatable bonds is 8. The fourth-order valence-electron chi connectivity index (χ4n) is 3.09. The van der Waals surface area contributed by atoms with Gasteiger partial charge in [-0.3, -0.25) is 13.9 Å². The zero-order chi connectivity index (χ0) is 25.0. The van der Waals surface area contributed by atoms with E-state index in [9.17, 15) is 22.4 Å². The lowest BCUT2D eigenvalue weighted by atomic mass is 10.1. The van der Waals surface area contributed by atoms with Crippen LogP contribution in [0.2, 0.25) is 0 Å². The average Bonchev–Trinajstić information content (AvgIpc) is 2.69. The molecule has 33 heavy (non-hydrogen) atoms. The van der Waals surface area contributed by atoms with Crippen molar-refractivity contribution in [2.75, 3.05) is 17.1 Å². The molecule has 2 amide bonds. The van der Waals surface area contributed by atoms with Gasteiger partial charge in [0, 0.05) is 22.1 Å². The fraction of sp³-hybridized carbons (Fsp3) is 0.391. The summed E-state index contributed by atoms with van der Waals surface area (Å²) in [5, 5.41) is 2.81. The first kappa shape index (κ1) is 26.8. The van der Waals surface area contributed by atoms with E-state index in [0.717, 1.165) is 15.0 Å². The Morgan fingerprint density at radius 3 is 2.18 bits per heavy atom. The number of sulfonamides is 1. The average molecular weight is 542 g/mol. The number of carbonyl (C=O) groups is 2. The smallest absolute Gasteiger partial charge is 0.244 e. The Kier molecular flexibility index (Phi) is 8.64. The highest BCUT2D eigenvalue weighted by Crippen LogP contribution is 2.22. The lowest BCUT2D eigenvalue weighted by molar-refractivity contribution is -0.140. The number of hydrogen-bond acceptors (Lipinski definition) is 4. The molecule has 0 saturated carbocycles. The molecule has 0 spiro atoms. The summed E-state index contributed by atoms with van der Waals surface area (Å²) in [5.41, 5.74) is -0.0311. The number of nitrogens with zero attached hydrogens (tertiary/aromatic N) is 2. The lowest BCUT2D eigenvalue weighted by Gasteiger charge is -2.33. The molecule has 2 aromatic rings. The van der Waals surface area contributed by atoms with E-state index in [4.69, 9.17) is 0 Å². The maximum absolute atomic E-state index is 14.4. The van der Waals surface area contributed by atoms with E-state index in [2.05, 4.69) is 21.2 Å². The van der Waals surface area contributed by atoms with Crippen molar-refractivity contribution in [1.29, 1.82) is 0 Å². The number of halogens is 2. The third-order valence-electron chi connectivity index (χ3n) is 4.76. The molecule has 0 aromatic heterocycles. The SMILES string of the molecule is C[C@H](C(=O)NC(C)(C)C)N(Cc1ccccc1F)C(=O)CN(c1ccc(Br)cc1)S(C)(=O)=O. The van der Waals surface area contributed by atoms with E-state index < -0.39 is 45.8 Å². The summed E-state index contributed by atoms with van der Waals surface area (Å²) >= 11 is 3.30. The van der Waals surface area contributed by atoms with Crippen molar-refractivity contribution in [2.24, 2.45) is 0 Å². The quantitative estimate of drug-likeness (QED) is 0.552. The normalized spacial score (nSPS) is 12.7. The second-order valence-electron chi connectivity index (χ2n) is 8.77. The predicted octanol–water partition coefficient (Wildman–Crippen LogP) is 3.69. The van der Waals surface area contributed by atoms with Gasteiger partial charge in [-0.25, -0.2) is 12.8 Å². The monoisotopic (exact) mass is 541 g/mol. The molecule has 7 nitrogen and oxygen atoms in total. The van der Waals surface area contributed by atoms with Crippen LogP contribution in [0.3, 0.4) is 0 Å². The highest BCUT2D eigenvalue weighted by atomic mass is 79.9. The van der Waals surface area contributed by atoms with Gasteiger partial charge >= 0.3 is 0 Å². The van der Waals surface area contributed by atoms with Gasteiger partial charge < -0.3 is 10.2 Å². The van der Waals surface area contributed by atoms with Crippen LogP contribution < -0.4 is 9.62 Å². The molecule has 0 heterocycles. The van der Waals surface area contributed by atoms with Crippen molar-refractivity contribution < 1.29 is 22.4 Å². The number of anilines is 1. The summed E-state index contributed by atoms with van der Waals surface area (Å²) in [6.07, 6.45) is 0.999. The molecule has 0 aliphatic rings. The number of benzene rings is 2. The molecule has 0 aliphatic heterocycles. The van der Waals surface area contributed by atoms with E-state index in [1.165, 1.54) is 30.0 Å². The van der Waals surface area contributed by atoms with Crippen molar-refractivity contribution in [1.82, 2.24) is 10.2 Å². The highest BCUT2D eigenvalue weighted by Gasteiger charge is 2.31. The Morgan fingerprint density at radius 2 is 1.67 bits per heavy atom. The molecule has 0 aliphatic carbocycles. The summed E-state index contributed by atoms with van der Waals surface area (Å²) in [6, 6.07) is 11.4. The van der Waals surface area contributed by atoms with Crippen LogP contribution in [0.4, 0.5) is 10.1 Å². The molecular weight excluding hydrogens is 513 g/mol. The van der Waals surface area contributed by atoms with Gasteiger partial charge in [0.15, 0.2) is 0 Å². The first-order valence-electron chi connectivity index (χ1n) is 10.3. The van der Waals surface area contributed by atoms with Gasteiger partial charge in [0.05, 0.1) is 11.9 Å². The Labute approximate surface area is 203 Å². The Bertz CT molecular complexity index is 1100. The van der Waals surface area contributed by atoms with E-state index in [0.29, 0.717) is 5.69 Å². The molecule has 1 N–H and O–H groups in total. The number of carbonyl (C=O) groups excluding carboxylic acids is 2. The molecule has 10 heteroatoms. The van der Waals surface area contributed by atoms with Crippen LogP contribution in [0.1, 0.15) is 33.3 Å². The van der Waals surface area contributed by atoms with Gasteiger partial charge in [-0.1, -0.05) is 34.1 Å². The maximum atomic E-state index is 14.4. The fourth-order valence-corrected chi connectivity index (χ4v) is 4.20. The van der Waals surface area contributed by atoms with Crippen LogP contribution in [0.15, 0.2) is 53.0 Å². The summed E-state index contributed by atoms with van der Waals surface area (Å²) in [6.45, 7) is 6.22. The summed E-state index contributed by atoms with van der Waals surface area (Å²) < 4.78 is 41.0. The Morgan fingerprint density at radius 1 is 1.09 bits per heavy atom. The minimum atomic E-state index is -3.82. The van der Waals surface area contributed by atoms with Crippen molar-refractivity contribution >= 4 is 43.5 Å². The van der Waals surface area contributed by atoms with Crippen LogP contribution in [0.25, 0.3) is 0 Å². The maximum Gasteiger partial charge on any atom is 0.244 e. The number of hydrogen-bond donors (Lipinski definition) is 1. The number of amides is 2. The number of nitrogens with one attached hydrogen (secondary N) is 1. The first-order valence-corrected chi connectivity index (χ1v) is 12.9. The minimum absolute atomic E-state index is 0.192. The molecular formula is C23H29BrFN3O4S. The molecule has 180 valence electrons. The zero-order valence-corrected chi connectivity index (χ0v) is 21.7. The third kappa shape index (κ3) is 7.82. The van der Waals surface area contributed by atoms with Crippen molar-refractivity contribution in [3.63, 3.8) is 0 Å². The summed E-state index contributed by atoms with van der Waals surface area (Å²) in [5.74, 6) is -1.59. The van der Waals surface area contributed by atoms with Gasteiger partial charge in [0.2, 0.25) is 21.8 Å². The van der Waals surface area contributed by atoms with Gasteiger partial charge in [0.25, 0.3) is 0 Å². The molecule has 0 radical (unpaired) electrons. The van der Waals surface area contributed by atoms with Crippen LogP contribution in [0, 0.1) is 5.82 Å². The first-order chi connectivity index (χ1) is 15.2. The largest absolute Gasteiger partial charge is 0.350 e. The third-order valence-corrected chi connectivity index (χ3v) is 6.43. The van der Waals surface area contributed by atoms with Crippen LogP contribution in [-0.4, -0.2) is 49.5 Å². The molecule has 0 saturated heterocycles. The van der Waals surface area contributed by atoms with Gasteiger partial charge in [-0.05, 0) is 58.0 Å². The van der Waals surface area contributed by atoms with E-state index in [-0.39, 0.29) is 12.1 Å². The molecule has 2 rings (SSSR count). The second-order valence-corrected chi connectivity index (χ2v) is 11.6. The molecule has 0 fully saturated rings. The van der Waals surface area contributed by atoms with Gasteiger partial charge in [0.1, 0.15) is 18.4 Å². The molecule has 2 aromatic carbocycles. The lowest BCUT2D eigenvalue weighted by Crippen LogP contribution is -2.54. The van der Waals surface area contributed by atoms with Crippen molar-refractivity contribution in [3.8, 4) is 0 Å². The predicted molar refractivity (Wildman–Crippen MR) is 131 cm³/mol. The Balaban J connectivity index is 2.41. The summed E-state index contributed by atoms with van der Waals surface area (Å²) in [4.78, 5) is 27.4. The van der Waals surface area contributed by atoms with Crippen LogP contribution in [0.5, 0.6) is 0 Å². The van der Waals surface area contributed by atoms with Crippen molar-refractivity contribution in [3.05, 3.63) is 64.4 Å². The van der Waals surface area contributed by atoms with E-state index in [1.54, 1.807) is 51.1 Å². The second kappa shape index (κ2) is 10.6.